The van der Waals surface area contributed by atoms with E-state index in [2.05, 4.69) is 10.9 Å². The number of hydrogen-bond acceptors (Lipinski definition) is 7. The van der Waals surface area contributed by atoms with Gasteiger partial charge in [0, 0.05) is 16.1 Å². The molecule has 0 saturated heterocycles. The van der Waals surface area contributed by atoms with Crippen LogP contribution < -0.4 is 24.4 Å². The van der Waals surface area contributed by atoms with Gasteiger partial charge in [0.2, 0.25) is 0 Å². The molecule has 2 aromatic carbocycles. The van der Waals surface area contributed by atoms with Gasteiger partial charge in [0.15, 0.2) is 4.80 Å². The molecule has 3 aromatic rings. The Labute approximate surface area is 210 Å². The molecule has 2 heterocycles. The molecule has 0 spiro atoms. The van der Waals surface area contributed by atoms with Crippen LogP contribution in [-0.4, -0.2) is 31.4 Å². The van der Waals surface area contributed by atoms with Gasteiger partial charge in [-0.15, -0.1) is 6.42 Å². The number of ether oxygens (including phenoxy) is 3. The lowest BCUT2D eigenvalue weighted by atomic mass is 9.95. The van der Waals surface area contributed by atoms with Gasteiger partial charge < -0.3 is 14.2 Å². The summed E-state index contributed by atoms with van der Waals surface area (Å²) in [5.74, 6) is 2.86. The number of terminal acetylenes is 1. The molecule has 9 heteroatoms. The number of fused-ring (bicyclic) bond motifs is 1. The van der Waals surface area contributed by atoms with Crippen LogP contribution in [0.25, 0.3) is 6.08 Å². The first-order valence-electron chi connectivity index (χ1n) is 10.5. The summed E-state index contributed by atoms with van der Waals surface area (Å²) in [6.45, 7) is 1.80. The maximum absolute atomic E-state index is 13.7. The van der Waals surface area contributed by atoms with Crippen LogP contribution in [0, 0.1) is 12.3 Å². The van der Waals surface area contributed by atoms with Gasteiger partial charge in [0.1, 0.15) is 24.1 Å². The third kappa shape index (κ3) is 4.61. The van der Waals surface area contributed by atoms with E-state index >= 15 is 0 Å². The van der Waals surface area contributed by atoms with Gasteiger partial charge in [-0.2, -0.15) is 0 Å². The minimum absolute atomic E-state index is 0.0996. The normalized spacial score (nSPS) is 15.2. The molecule has 0 saturated carbocycles. The van der Waals surface area contributed by atoms with Gasteiger partial charge in [-0.05, 0) is 37.3 Å². The number of hydrogen-bond donors (Lipinski definition) is 0. The quantitative estimate of drug-likeness (QED) is 0.378. The molecule has 1 atom stereocenters. The van der Waals surface area contributed by atoms with Crippen LogP contribution in [0.15, 0.2) is 63.5 Å². The van der Waals surface area contributed by atoms with Gasteiger partial charge in [-0.25, -0.2) is 9.79 Å². The SMILES string of the molecule is C#CCOc1ccccc1/C=c1\sc2n(c1=O)[C@H](c1cc(Cl)ccc1OC)C(C(=O)OC)=C(C)N=2. The fourth-order valence-electron chi connectivity index (χ4n) is 3.90. The summed E-state index contributed by atoms with van der Waals surface area (Å²) >= 11 is 7.50. The minimum atomic E-state index is -0.845. The van der Waals surface area contributed by atoms with Crippen molar-refractivity contribution in [3.8, 4) is 23.8 Å². The smallest absolute Gasteiger partial charge is 0.338 e. The van der Waals surface area contributed by atoms with Crippen LogP contribution in [0.3, 0.4) is 0 Å². The Morgan fingerprint density at radius 3 is 2.74 bits per heavy atom. The van der Waals surface area contributed by atoms with Crippen molar-refractivity contribution >= 4 is 35.0 Å². The number of thiazole rings is 1. The minimum Gasteiger partial charge on any atom is -0.496 e. The van der Waals surface area contributed by atoms with Crippen molar-refractivity contribution in [2.45, 2.75) is 13.0 Å². The van der Waals surface area contributed by atoms with E-state index in [1.807, 2.05) is 18.2 Å². The van der Waals surface area contributed by atoms with Gasteiger partial charge in [0.25, 0.3) is 5.56 Å². The maximum atomic E-state index is 13.7. The van der Waals surface area contributed by atoms with E-state index in [1.165, 1.54) is 30.1 Å². The second kappa shape index (κ2) is 10.2. The average Bonchev–Trinajstić information content (AvgIpc) is 3.16. The molecule has 0 bridgehead atoms. The van der Waals surface area contributed by atoms with Crippen LogP contribution in [0.5, 0.6) is 11.5 Å². The second-order valence-electron chi connectivity index (χ2n) is 7.49. The zero-order chi connectivity index (χ0) is 25.1. The lowest BCUT2D eigenvalue weighted by Gasteiger charge is -2.25. The third-order valence-corrected chi connectivity index (χ3v) is 6.65. The molecule has 7 nitrogen and oxygen atoms in total. The second-order valence-corrected chi connectivity index (χ2v) is 8.94. The Kier molecular flexibility index (Phi) is 7.10. The number of esters is 1. The molecule has 0 fully saturated rings. The highest BCUT2D eigenvalue weighted by molar-refractivity contribution is 7.07. The molecular weight excluding hydrogens is 488 g/mol. The van der Waals surface area contributed by atoms with Crippen molar-refractivity contribution in [2.75, 3.05) is 20.8 Å². The molecule has 0 aliphatic carbocycles. The van der Waals surface area contributed by atoms with E-state index in [0.29, 0.717) is 42.7 Å². The number of carbonyl (C=O) groups excluding carboxylic acids is 1. The van der Waals surface area contributed by atoms with Crippen LogP contribution in [0.1, 0.15) is 24.1 Å². The lowest BCUT2D eigenvalue weighted by molar-refractivity contribution is -0.136. The Balaban J connectivity index is 1.99. The van der Waals surface area contributed by atoms with Crippen molar-refractivity contribution in [2.24, 2.45) is 4.99 Å². The highest BCUT2D eigenvalue weighted by Crippen LogP contribution is 2.37. The number of aromatic nitrogens is 1. The molecule has 0 unspecified atom stereocenters. The first-order chi connectivity index (χ1) is 16.9. The number of benzene rings is 2. The monoisotopic (exact) mass is 508 g/mol. The highest BCUT2D eigenvalue weighted by atomic mass is 35.5. The number of nitrogens with zero attached hydrogens (tertiary/aromatic N) is 2. The predicted octanol–water partition coefficient (Wildman–Crippen LogP) is 3.08. The van der Waals surface area contributed by atoms with Crippen LogP contribution in [-0.2, 0) is 9.53 Å². The van der Waals surface area contributed by atoms with Crippen LogP contribution >= 0.6 is 22.9 Å². The molecule has 0 N–H and O–H groups in total. The first kappa shape index (κ1) is 24.3. The summed E-state index contributed by atoms with van der Waals surface area (Å²) in [4.78, 5) is 31.6. The molecule has 0 radical (unpaired) electrons. The maximum Gasteiger partial charge on any atom is 0.338 e. The molecule has 0 amide bonds. The average molecular weight is 509 g/mol. The summed E-state index contributed by atoms with van der Waals surface area (Å²) in [6.07, 6.45) is 7.05. The zero-order valence-electron chi connectivity index (χ0n) is 19.2. The number of rotatable bonds is 6. The largest absolute Gasteiger partial charge is 0.496 e. The highest BCUT2D eigenvalue weighted by Gasteiger charge is 2.35. The Morgan fingerprint density at radius 2 is 2.03 bits per heavy atom. The van der Waals surface area contributed by atoms with Crippen LogP contribution in [0.4, 0.5) is 0 Å². The number of allylic oxidation sites excluding steroid dienone is 1. The standard InChI is InChI=1S/C26H21ClN2O5S/c1-5-12-34-19-9-7-6-8-16(19)13-21-24(30)29-23(18-14-17(27)10-11-20(18)32-3)22(25(31)33-4)15(2)28-26(29)35-21/h1,6-11,13-14,23H,12H2,2-4H3/b21-13-/t23-/m1/s1. The van der Waals surface area contributed by atoms with Gasteiger partial charge >= 0.3 is 5.97 Å². The summed E-state index contributed by atoms with van der Waals surface area (Å²) in [7, 11) is 2.80. The predicted molar refractivity (Wildman–Crippen MR) is 135 cm³/mol. The number of carbonyl (C=O) groups is 1. The molecule has 1 aromatic heterocycles. The summed E-state index contributed by atoms with van der Waals surface area (Å²) in [6, 6.07) is 11.5. The molecule has 1 aliphatic rings. The van der Waals surface area contributed by atoms with Gasteiger partial charge in [0.05, 0.1) is 30.0 Å². The Hall–Kier alpha value is -3.80. The van der Waals surface area contributed by atoms with E-state index < -0.39 is 12.0 Å². The molecular formula is C26H21ClN2O5S. The fraction of sp³-hybridized carbons (Fsp3) is 0.192. The Bertz CT molecular complexity index is 1560. The molecule has 4 rings (SSSR count). The van der Waals surface area contributed by atoms with Crippen LogP contribution in [0.2, 0.25) is 5.02 Å². The number of para-hydroxylation sites is 1. The summed E-state index contributed by atoms with van der Waals surface area (Å²) < 4.78 is 18.1. The first-order valence-corrected chi connectivity index (χ1v) is 11.7. The van der Waals surface area contributed by atoms with E-state index in [0.717, 1.165) is 0 Å². The van der Waals surface area contributed by atoms with E-state index in [9.17, 15) is 9.59 Å². The molecule has 1 aliphatic heterocycles. The summed E-state index contributed by atoms with van der Waals surface area (Å²) in [5.41, 5.74) is 1.56. The van der Waals surface area contributed by atoms with Crippen molar-refractivity contribution in [1.82, 2.24) is 4.57 Å². The zero-order valence-corrected chi connectivity index (χ0v) is 20.8. The van der Waals surface area contributed by atoms with Crippen molar-refractivity contribution < 1.29 is 19.0 Å². The van der Waals surface area contributed by atoms with E-state index in [-0.39, 0.29) is 17.7 Å². The fourth-order valence-corrected chi connectivity index (χ4v) is 5.12. The summed E-state index contributed by atoms with van der Waals surface area (Å²) in [5, 5.41) is 0.432. The third-order valence-electron chi connectivity index (χ3n) is 5.43. The van der Waals surface area contributed by atoms with Gasteiger partial charge in [-0.1, -0.05) is 47.1 Å². The molecule has 35 heavy (non-hydrogen) atoms. The molecule has 178 valence electrons. The van der Waals surface area contributed by atoms with Gasteiger partial charge in [-0.3, -0.25) is 9.36 Å². The van der Waals surface area contributed by atoms with Crippen molar-refractivity contribution in [1.29, 1.82) is 0 Å². The topological polar surface area (TPSA) is 79.1 Å². The van der Waals surface area contributed by atoms with E-state index in [4.69, 9.17) is 32.2 Å². The number of methoxy groups -OCH3 is 2. The van der Waals surface area contributed by atoms with Crippen molar-refractivity contribution in [3.63, 3.8) is 0 Å². The van der Waals surface area contributed by atoms with E-state index in [1.54, 1.807) is 37.3 Å². The lowest BCUT2D eigenvalue weighted by Crippen LogP contribution is -2.40. The van der Waals surface area contributed by atoms with Crippen molar-refractivity contribution in [3.05, 3.63) is 89.6 Å². The number of halogens is 1. The Morgan fingerprint density at radius 1 is 1.26 bits per heavy atom.